The molecule has 2 aromatic rings. The molecule has 0 radical (unpaired) electrons. The van der Waals surface area contributed by atoms with Crippen molar-refractivity contribution in [3.05, 3.63) is 59.4 Å². The van der Waals surface area contributed by atoms with Crippen molar-refractivity contribution >= 4 is 10.0 Å². The van der Waals surface area contributed by atoms with Crippen LogP contribution in [0, 0.1) is 12.7 Å². The van der Waals surface area contributed by atoms with Gasteiger partial charge >= 0.3 is 0 Å². The predicted octanol–water partition coefficient (Wildman–Crippen LogP) is 2.55. The molecule has 6 heteroatoms. The number of para-hydroxylation sites is 1. The fraction of sp³-hybridized carbons (Fsp3) is 0.200. The van der Waals surface area contributed by atoms with Gasteiger partial charge in [0.2, 0.25) is 10.0 Å². The minimum absolute atomic E-state index is 0.0470. The molecule has 4 nitrogen and oxygen atoms in total. The maximum Gasteiger partial charge on any atom is 0.241 e. The summed E-state index contributed by atoms with van der Waals surface area (Å²) < 4.78 is 46.0. The van der Waals surface area contributed by atoms with Gasteiger partial charge in [0, 0.05) is 5.56 Å². The minimum atomic E-state index is -3.72. The maximum atomic E-state index is 13.3. The molecular weight excluding hydrogens is 293 g/mol. The standard InChI is InChI=1S/C15H14FNO3S/c1-10-8-11(6-7-13(10)16)21(18,19)17-14-9-20-15-5-3-2-4-12(14)15/h2-8,14,17H,9H2,1H3. The van der Waals surface area contributed by atoms with Crippen LogP contribution in [0.3, 0.4) is 0 Å². The number of sulfonamides is 1. The van der Waals surface area contributed by atoms with Crippen LogP contribution in [0.1, 0.15) is 17.2 Å². The quantitative estimate of drug-likeness (QED) is 0.948. The van der Waals surface area contributed by atoms with Gasteiger partial charge in [-0.2, -0.15) is 0 Å². The highest BCUT2D eigenvalue weighted by Gasteiger charge is 2.28. The highest BCUT2D eigenvalue weighted by Crippen LogP contribution is 2.32. The van der Waals surface area contributed by atoms with Gasteiger partial charge in [0.1, 0.15) is 18.2 Å². The van der Waals surface area contributed by atoms with E-state index in [9.17, 15) is 12.8 Å². The zero-order valence-electron chi connectivity index (χ0n) is 11.3. The highest BCUT2D eigenvalue weighted by atomic mass is 32.2. The summed E-state index contributed by atoms with van der Waals surface area (Å²) >= 11 is 0. The second-order valence-electron chi connectivity index (χ2n) is 4.93. The second-order valence-corrected chi connectivity index (χ2v) is 6.65. The van der Waals surface area contributed by atoms with Gasteiger partial charge < -0.3 is 4.74 Å². The molecule has 1 unspecified atom stereocenters. The molecule has 1 N–H and O–H groups in total. The van der Waals surface area contributed by atoms with E-state index in [-0.39, 0.29) is 11.5 Å². The van der Waals surface area contributed by atoms with Crippen LogP contribution < -0.4 is 9.46 Å². The van der Waals surface area contributed by atoms with E-state index in [1.54, 1.807) is 6.07 Å². The zero-order chi connectivity index (χ0) is 15.0. The Morgan fingerprint density at radius 3 is 2.76 bits per heavy atom. The fourth-order valence-corrected chi connectivity index (χ4v) is 3.58. The van der Waals surface area contributed by atoms with Crippen LogP contribution in [0.15, 0.2) is 47.4 Å². The highest BCUT2D eigenvalue weighted by molar-refractivity contribution is 7.89. The lowest BCUT2D eigenvalue weighted by atomic mass is 10.1. The predicted molar refractivity (Wildman–Crippen MR) is 76.1 cm³/mol. The number of rotatable bonds is 3. The van der Waals surface area contributed by atoms with E-state index in [1.165, 1.54) is 19.1 Å². The van der Waals surface area contributed by atoms with Gasteiger partial charge in [-0.05, 0) is 36.8 Å². The summed E-state index contributed by atoms with van der Waals surface area (Å²) in [5.41, 5.74) is 1.10. The molecule has 1 atom stereocenters. The van der Waals surface area contributed by atoms with E-state index in [2.05, 4.69) is 4.72 Å². The summed E-state index contributed by atoms with van der Waals surface area (Å²) in [7, 11) is -3.72. The van der Waals surface area contributed by atoms with E-state index < -0.39 is 21.9 Å². The Labute approximate surface area is 122 Å². The number of fused-ring (bicyclic) bond motifs is 1. The van der Waals surface area contributed by atoms with Crippen molar-refractivity contribution in [1.29, 1.82) is 0 Å². The smallest absolute Gasteiger partial charge is 0.241 e. The van der Waals surface area contributed by atoms with Crippen LogP contribution in [0.2, 0.25) is 0 Å². The zero-order valence-corrected chi connectivity index (χ0v) is 12.2. The Morgan fingerprint density at radius 2 is 2.00 bits per heavy atom. The molecule has 1 aliphatic heterocycles. The van der Waals surface area contributed by atoms with E-state index in [1.807, 2.05) is 18.2 Å². The summed E-state index contributed by atoms with van der Waals surface area (Å²) in [6.07, 6.45) is 0. The second kappa shape index (κ2) is 5.13. The third kappa shape index (κ3) is 2.64. The molecule has 0 fully saturated rings. The molecule has 0 spiro atoms. The van der Waals surface area contributed by atoms with Crippen molar-refractivity contribution in [3.8, 4) is 5.75 Å². The van der Waals surface area contributed by atoms with Gasteiger partial charge in [-0.15, -0.1) is 0 Å². The van der Waals surface area contributed by atoms with Crippen molar-refractivity contribution in [3.63, 3.8) is 0 Å². The van der Waals surface area contributed by atoms with Crippen molar-refractivity contribution in [2.24, 2.45) is 0 Å². The van der Waals surface area contributed by atoms with Crippen LogP contribution in [-0.4, -0.2) is 15.0 Å². The Kier molecular flexibility index (Phi) is 3.43. The summed E-state index contributed by atoms with van der Waals surface area (Å²) in [6.45, 7) is 1.78. The molecule has 0 bridgehead atoms. The minimum Gasteiger partial charge on any atom is -0.491 e. The number of hydrogen-bond donors (Lipinski definition) is 1. The molecule has 110 valence electrons. The van der Waals surface area contributed by atoms with E-state index in [0.717, 1.165) is 11.6 Å². The number of ether oxygens (including phenoxy) is 1. The average Bonchev–Trinajstić information content (AvgIpc) is 2.85. The normalized spacial score (nSPS) is 17.3. The lowest BCUT2D eigenvalue weighted by Crippen LogP contribution is -2.29. The van der Waals surface area contributed by atoms with Crippen LogP contribution >= 0.6 is 0 Å². The Balaban J connectivity index is 1.89. The SMILES string of the molecule is Cc1cc(S(=O)(=O)NC2COc3ccccc32)ccc1F. The fourth-order valence-electron chi connectivity index (χ4n) is 2.30. The first-order valence-corrected chi connectivity index (χ1v) is 7.96. The van der Waals surface area contributed by atoms with E-state index in [4.69, 9.17) is 4.74 Å². The third-order valence-electron chi connectivity index (χ3n) is 3.44. The van der Waals surface area contributed by atoms with Gasteiger partial charge in [-0.3, -0.25) is 0 Å². The molecule has 21 heavy (non-hydrogen) atoms. The Bertz CT molecular complexity index is 789. The Morgan fingerprint density at radius 1 is 1.24 bits per heavy atom. The topological polar surface area (TPSA) is 55.4 Å². The summed E-state index contributed by atoms with van der Waals surface area (Å²) in [6, 6.07) is 10.6. The molecule has 1 aliphatic rings. The monoisotopic (exact) mass is 307 g/mol. The first-order valence-electron chi connectivity index (χ1n) is 6.47. The van der Waals surface area contributed by atoms with Crippen LogP contribution in [0.5, 0.6) is 5.75 Å². The largest absolute Gasteiger partial charge is 0.491 e. The molecule has 1 heterocycles. The molecule has 0 aromatic heterocycles. The first-order chi connectivity index (χ1) is 9.97. The summed E-state index contributed by atoms with van der Waals surface area (Å²) in [5.74, 6) is 0.254. The molecule has 3 rings (SSSR count). The number of hydrogen-bond acceptors (Lipinski definition) is 3. The van der Waals surface area contributed by atoms with Crippen LogP contribution in [-0.2, 0) is 10.0 Å². The van der Waals surface area contributed by atoms with Gasteiger partial charge in [-0.25, -0.2) is 17.5 Å². The lowest BCUT2D eigenvalue weighted by molar-refractivity contribution is 0.325. The molecule has 0 amide bonds. The number of halogens is 1. The Hall–Kier alpha value is -1.92. The van der Waals surface area contributed by atoms with E-state index >= 15 is 0 Å². The first kappa shape index (κ1) is 14.0. The van der Waals surface area contributed by atoms with Crippen molar-refractivity contribution in [1.82, 2.24) is 4.72 Å². The molecule has 0 saturated carbocycles. The van der Waals surface area contributed by atoms with E-state index in [0.29, 0.717) is 11.3 Å². The number of aryl methyl sites for hydroxylation is 1. The van der Waals surface area contributed by atoms with Gasteiger partial charge in [0.05, 0.1) is 10.9 Å². The van der Waals surface area contributed by atoms with Crippen LogP contribution in [0.25, 0.3) is 0 Å². The van der Waals surface area contributed by atoms with Crippen molar-refractivity contribution < 1.29 is 17.5 Å². The number of benzene rings is 2. The molecule has 0 aliphatic carbocycles. The summed E-state index contributed by atoms with van der Waals surface area (Å²) in [5, 5.41) is 0. The van der Waals surface area contributed by atoms with Gasteiger partial charge in [0.25, 0.3) is 0 Å². The lowest BCUT2D eigenvalue weighted by Gasteiger charge is -2.13. The maximum absolute atomic E-state index is 13.3. The van der Waals surface area contributed by atoms with Crippen molar-refractivity contribution in [2.75, 3.05) is 6.61 Å². The van der Waals surface area contributed by atoms with Gasteiger partial charge in [-0.1, -0.05) is 18.2 Å². The van der Waals surface area contributed by atoms with Crippen molar-refractivity contribution in [2.45, 2.75) is 17.9 Å². The average molecular weight is 307 g/mol. The number of nitrogens with one attached hydrogen (secondary N) is 1. The molecule has 0 saturated heterocycles. The molecule has 2 aromatic carbocycles. The third-order valence-corrected chi connectivity index (χ3v) is 4.91. The van der Waals surface area contributed by atoms with Gasteiger partial charge in [0.15, 0.2) is 0 Å². The summed E-state index contributed by atoms with van der Waals surface area (Å²) in [4.78, 5) is 0.0470. The van der Waals surface area contributed by atoms with Crippen LogP contribution in [0.4, 0.5) is 4.39 Å². The molecular formula is C15H14FNO3S.